The lowest BCUT2D eigenvalue weighted by atomic mass is 10.4. The van der Waals surface area contributed by atoms with Crippen LogP contribution in [0, 0.1) is 0 Å². The Morgan fingerprint density at radius 3 is 2.17 bits per heavy atom. The Kier molecular flexibility index (Phi) is 2.46. The van der Waals surface area contributed by atoms with Gasteiger partial charge < -0.3 is 0 Å². The molecule has 1 aromatic carbocycles. The van der Waals surface area contributed by atoms with Crippen LogP contribution in [0.15, 0.2) is 35.2 Å². The number of nitrogens with two attached hydrogens (primary N) is 1. The van der Waals surface area contributed by atoms with Gasteiger partial charge in [0.05, 0.1) is 4.90 Å². The molecule has 0 spiro atoms. The largest absolute Gasteiger partial charge is 0.255 e. The second-order valence-corrected chi connectivity index (χ2v) is 4.33. The molecule has 0 atom stereocenters. The first kappa shape index (κ1) is 9.18. The van der Waals surface area contributed by atoms with Crippen LogP contribution < -0.4 is 5.84 Å². The molecular formula is C7H10N2O2S. The molecule has 0 radical (unpaired) electrons. The van der Waals surface area contributed by atoms with Gasteiger partial charge in [0.2, 0.25) is 0 Å². The fourth-order valence-corrected chi connectivity index (χ4v) is 1.59. The van der Waals surface area contributed by atoms with Crippen molar-refractivity contribution in [3.63, 3.8) is 0 Å². The predicted molar refractivity (Wildman–Crippen MR) is 45.6 cm³/mol. The summed E-state index contributed by atoms with van der Waals surface area (Å²) in [6, 6.07) is 8.04. The number of hydrogen-bond donors (Lipinski definition) is 1. The van der Waals surface area contributed by atoms with E-state index >= 15 is 0 Å². The van der Waals surface area contributed by atoms with Crippen LogP contribution >= 0.6 is 0 Å². The Morgan fingerprint density at radius 1 is 1.25 bits per heavy atom. The first-order chi connectivity index (χ1) is 5.55. The van der Waals surface area contributed by atoms with Crippen molar-refractivity contribution in [1.82, 2.24) is 4.41 Å². The third kappa shape index (κ3) is 1.63. The fraction of sp³-hybridized carbons (Fsp3) is 0.143. The molecule has 4 nitrogen and oxygen atoms in total. The molecule has 0 amide bonds. The van der Waals surface area contributed by atoms with E-state index < -0.39 is 10.0 Å². The van der Waals surface area contributed by atoms with Crippen LogP contribution in [0.25, 0.3) is 0 Å². The van der Waals surface area contributed by atoms with Gasteiger partial charge in [-0.25, -0.2) is 8.42 Å². The molecule has 0 aliphatic heterocycles. The molecule has 66 valence electrons. The molecule has 0 aliphatic carbocycles. The van der Waals surface area contributed by atoms with E-state index in [4.69, 9.17) is 5.84 Å². The van der Waals surface area contributed by atoms with Crippen LogP contribution in [0.4, 0.5) is 0 Å². The first-order valence-corrected chi connectivity index (χ1v) is 4.78. The Morgan fingerprint density at radius 2 is 1.75 bits per heavy atom. The lowest BCUT2D eigenvalue weighted by molar-refractivity contribution is 0.486. The summed E-state index contributed by atoms with van der Waals surface area (Å²) in [5.41, 5.74) is 0. The monoisotopic (exact) mass is 186 g/mol. The van der Waals surface area contributed by atoms with Gasteiger partial charge in [-0.15, -0.1) is 4.41 Å². The van der Waals surface area contributed by atoms with Gasteiger partial charge in [-0.2, -0.15) is 0 Å². The highest BCUT2D eigenvalue weighted by Gasteiger charge is 2.16. The third-order valence-electron chi connectivity index (χ3n) is 1.42. The van der Waals surface area contributed by atoms with Crippen molar-refractivity contribution >= 4 is 10.0 Å². The maximum Gasteiger partial charge on any atom is 0.255 e. The van der Waals surface area contributed by atoms with Crippen molar-refractivity contribution in [3.8, 4) is 0 Å². The standard InChI is InChI=1S/C7H10N2O2S/c1-9(8)12(10,11)7-5-3-2-4-6-7/h2-6H,8H2,1H3. The van der Waals surface area contributed by atoms with Crippen LogP contribution in [0.1, 0.15) is 0 Å². The van der Waals surface area contributed by atoms with E-state index in [-0.39, 0.29) is 4.90 Å². The smallest absolute Gasteiger partial charge is 0.255 e. The highest BCUT2D eigenvalue weighted by atomic mass is 32.2. The number of nitrogens with zero attached hydrogens (tertiary/aromatic N) is 1. The average molecular weight is 186 g/mol. The summed E-state index contributed by atoms with van der Waals surface area (Å²) < 4.78 is 23.4. The van der Waals surface area contributed by atoms with Crippen molar-refractivity contribution in [2.45, 2.75) is 4.90 Å². The number of rotatable bonds is 2. The lowest BCUT2D eigenvalue weighted by Gasteiger charge is -2.09. The molecule has 2 N–H and O–H groups in total. The maximum absolute atomic E-state index is 11.3. The van der Waals surface area contributed by atoms with E-state index in [0.717, 1.165) is 0 Å². The van der Waals surface area contributed by atoms with Gasteiger partial charge in [-0.1, -0.05) is 18.2 Å². The zero-order valence-electron chi connectivity index (χ0n) is 6.64. The summed E-state index contributed by atoms with van der Waals surface area (Å²) in [6.07, 6.45) is 0. The predicted octanol–water partition coefficient (Wildman–Crippen LogP) is 0.181. The SMILES string of the molecule is CN(N)S(=O)(=O)c1ccccc1. The van der Waals surface area contributed by atoms with E-state index in [1.165, 1.54) is 19.2 Å². The van der Waals surface area contributed by atoms with Gasteiger partial charge in [0, 0.05) is 7.05 Å². The van der Waals surface area contributed by atoms with Crippen LogP contribution in [0.5, 0.6) is 0 Å². The second-order valence-electron chi connectivity index (χ2n) is 2.33. The van der Waals surface area contributed by atoms with Crippen molar-refractivity contribution in [3.05, 3.63) is 30.3 Å². The quantitative estimate of drug-likeness (QED) is 0.529. The molecule has 0 saturated carbocycles. The molecule has 0 saturated heterocycles. The summed E-state index contributed by atoms with van der Waals surface area (Å²) in [4.78, 5) is 0.204. The van der Waals surface area contributed by atoms with Gasteiger partial charge in [0.1, 0.15) is 0 Å². The van der Waals surface area contributed by atoms with Crippen LogP contribution in [0.2, 0.25) is 0 Å². The third-order valence-corrected chi connectivity index (χ3v) is 3.05. The molecule has 0 bridgehead atoms. The number of hydrazine groups is 1. The van der Waals surface area contributed by atoms with Crippen molar-refractivity contribution in [2.24, 2.45) is 5.84 Å². The Labute approximate surface area is 71.6 Å². The summed E-state index contributed by atoms with van der Waals surface area (Å²) >= 11 is 0. The summed E-state index contributed by atoms with van der Waals surface area (Å²) in [5, 5.41) is 0. The molecule has 0 heterocycles. The fourth-order valence-electron chi connectivity index (χ4n) is 0.759. The zero-order valence-corrected chi connectivity index (χ0v) is 7.45. The van der Waals surface area contributed by atoms with Crippen LogP contribution in [-0.2, 0) is 10.0 Å². The van der Waals surface area contributed by atoms with E-state index in [9.17, 15) is 8.42 Å². The van der Waals surface area contributed by atoms with Gasteiger partial charge in [0.25, 0.3) is 10.0 Å². The topological polar surface area (TPSA) is 63.4 Å². The molecule has 0 unspecified atom stereocenters. The summed E-state index contributed by atoms with van der Waals surface area (Å²) in [6.45, 7) is 0. The van der Waals surface area contributed by atoms with Gasteiger partial charge >= 0.3 is 0 Å². The van der Waals surface area contributed by atoms with Gasteiger partial charge in [-0.3, -0.25) is 5.84 Å². The molecule has 0 fully saturated rings. The molecule has 0 aromatic heterocycles. The minimum atomic E-state index is -3.47. The lowest BCUT2D eigenvalue weighted by Crippen LogP contribution is -2.33. The Bertz CT molecular complexity index is 345. The molecule has 5 heteroatoms. The maximum atomic E-state index is 11.3. The zero-order chi connectivity index (χ0) is 9.19. The highest BCUT2D eigenvalue weighted by Crippen LogP contribution is 2.09. The minimum absolute atomic E-state index is 0.204. The Balaban J connectivity index is 3.17. The molecule has 1 aromatic rings. The minimum Gasteiger partial charge on any atom is -0.255 e. The van der Waals surface area contributed by atoms with E-state index in [1.807, 2.05) is 0 Å². The molecule has 0 aliphatic rings. The normalized spacial score (nSPS) is 11.9. The van der Waals surface area contributed by atoms with Crippen molar-refractivity contribution < 1.29 is 8.42 Å². The van der Waals surface area contributed by atoms with E-state index in [2.05, 4.69) is 0 Å². The van der Waals surface area contributed by atoms with Gasteiger partial charge in [0.15, 0.2) is 0 Å². The summed E-state index contributed by atoms with van der Waals surface area (Å²) in [5.74, 6) is 5.15. The first-order valence-electron chi connectivity index (χ1n) is 3.34. The van der Waals surface area contributed by atoms with Gasteiger partial charge in [-0.05, 0) is 12.1 Å². The van der Waals surface area contributed by atoms with E-state index in [1.54, 1.807) is 18.2 Å². The Hall–Kier alpha value is -0.910. The second kappa shape index (κ2) is 3.22. The summed E-state index contributed by atoms with van der Waals surface area (Å²) in [7, 11) is -2.17. The average Bonchev–Trinajstić information content (AvgIpc) is 2.06. The molecule has 12 heavy (non-hydrogen) atoms. The number of sulfonamides is 1. The van der Waals surface area contributed by atoms with Crippen molar-refractivity contribution in [1.29, 1.82) is 0 Å². The highest BCUT2D eigenvalue weighted by molar-refractivity contribution is 7.89. The van der Waals surface area contributed by atoms with Crippen molar-refractivity contribution in [2.75, 3.05) is 7.05 Å². The number of benzene rings is 1. The van der Waals surface area contributed by atoms with E-state index in [0.29, 0.717) is 4.41 Å². The molecule has 1 rings (SSSR count). The van der Waals surface area contributed by atoms with Crippen LogP contribution in [0.3, 0.4) is 0 Å². The van der Waals surface area contributed by atoms with Crippen LogP contribution in [-0.4, -0.2) is 19.9 Å². The molecular weight excluding hydrogens is 176 g/mol. The number of hydrogen-bond acceptors (Lipinski definition) is 3.